The van der Waals surface area contributed by atoms with Crippen LogP contribution in [0.5, 0.6) is 0 Å². The highest BCUT2D eigenvalue weighted by molar-refractivity contribution is 7.90. The third-order valence-corrected chi connectivity index (χ3v) is 5.63. The Morgan fingerprint density at radius 1 is 1.12 bits per heavy atom. The molecule has 0 radical (unpaired) electrons. The van der Waals surface area contributed by atoms with Crippen molar-refractivity contribution in [2.75, 3.05) is 13.3 Å². The second kappa shape index (κ2) is 6.57. The summed E-state index contributed by atoms with van der Waals surface area (Å²) in [5, 5.41) is 0.631. The van der Waals surface area contributed by atoms with Crippen LogP contribution in [0.15, 0.2) is 53.4 Å². The van der Waals surface area contributed by atoms with Crippen LogP contribution in [0.3, 0.4) is 0 Å². The zero-order chi connectivity index (χ0) is 19.1. The number of aromatic amines is 1. The van der Waals surface area contributed by atoms with Gasteiger partial charge in [0.1, 0.15) is 11.5 Å². The second-order valence-electron chi connectivity index (χ2n) is 6.35. The lowest BCUT2D eigenvalue weighted by molar-refractivity contribution is 0.0737. The van der Waals surface area contributed by atoms with E-state index in [2.05, 4.69) is 4.98 Å². The fourth-order valence-electron chi connectivity index (χ4n) is 2.80. The van der Waals surface area contributed by atoms with E-state index in [0.29, 0.717) is 16.6 Å². The summed E-state index contributed by atoms with van der Waals surface area (Å²) in [6.45, 7) is 1.86. The van der Waals surface area contributed by atoms with E-state index in [4.69, 9.17) is 0 Å². The molecule has 1 aromatic heterocycles. The molecule has 1 amide bonds. The predicted molar refractivity (Wildman–Crippen MR) is 98.3 cm³/mol. The number of rotatable bonds is 4. The molecule has 5 nitrogen and oxygen atoms in total. The number of sulfone groups is 1. The number of amides is 1. The molecule has 3 aromatic rings. The van der Waals surface area contributed by atoms with Gasteiger partial charge in [0.25, 0.3) is 5.91 Å². The van der Waals surface area contributed by atoms with Gasteiger partial charge < -0.3 is 9.88 Å². The SMILES string of the molecule is CC(c1ccc(S(C)(=O)=O)cc1)N(C)C(=O)c1cc2cc(F)ccc2[nH]1. The molecule has 0 saturated heterocycles. The van der Waals surface area contributed by atoms with Gasteiger partial charge in [-0.2, -0.15) is 0 Å². The molecule has 26 heavy (non-hydrogen) atoms. The Morgan fingerprint density at radius 3 is 2.38 bits per heavy atom. The summed E-state index contributed by atoms with van der Waals surface area (Å²) in [6, 6.07) is 12.1. The van der Waals surface area contributed by atoms with Gasteiger partial charge in [-0.3, -0.25) is 4.79 Å². The van der Waals surface area contributed by atoms with E-state index in [-0.39, 0.29) is 22.7 Å². The average molecular weight is 374 g/mol. The summed E-state index contributed by atoms with van der Waals surface area (Å²) in [5.41, 5.74) is 1.87. The molecule has 1 atom stereocenters. The van der Waals surface area contributed by atoms with Crippen LogP contribution in [0.25, 0.3) is 10.9 Å². The monoisotopic (exact) mass is 374 g/mol. The minimum Gasteiger partial charge on any atom is -0.351 e. The van der Waals surface area contributed by atoms with Crippen molar-refractivity contribution in [1.29, 1.82) is 0 Å². The predicted octanol–water partition coefficient (Wildman–Crippen LogP) is 3.54. The van der Waals surface area contributed by atoms with Gasteiger partial charge in [-0.05, 0) is 48.9 Å². The number of halogens is 1. The number of carbonyl (C=O) groups excluding carboxylic acids is 1. The van der Waals surface area contributed by atoms with Crippen LogP contribution < -0.4 is 0 Å². The van der Waals surface area contributed by atoms with Crippen molar-refractivity contribution < 1.29 is 17.6 Å². The zero-order valence-corrected chi connectivity index (χ0v) is 15.5. The van der Waals surface area contributed by atoms with Gasteiger partial charge >= 0.3 is 0 Å². The molecule has 0 fully saturated rings. The molecule has 0 spiro atoms. The van der Waals surface area contributed by atoms with E-state index >= 15 is 0 Å². The molecule has 0 aliphatic rings. The third-order valence-electron chi connectivity index (χ3n) is 4.51. The lowest BCUT2D eigenvalue weighted by atomic mass is 10.1. The largest absolute Gasteiger partial charge is 0.351 e. The third kappa shape index (κ3) is 3.48. The van der Waals surface area contributed by atoms with Gasteiger partial charge in [0, 0.05) is 24.2 Å². The number of fused-ring (bicyclic) bond motifs is 1. The van der Waals surface area contributed by atoms with Crippen molar-refractivity contribution in [2.45, 2.75) is 17.9 Å². The van der Waals surface area contributed by atoms with Gasteiger partial charge in [0.15, 0.2) is 9.84 Å². The molecular formula is C19H19FN2O3S. The first-order chi connectivity index (χ1) is 12.2. The normalized spacial score (nSPS) is 12.9. The van der Waals surface area contributed by atoms with Crippen LogP contribution in [0.4, 0.5) is 4.39 Å². The summed E-state index contributed by atoms with van der Waals surface area (Å²) in [4.78, 5) is 17.5. The first kappa shape index (κ1) is 18.1. The molecule has 7 heteroatoms. The topological polar surface area (TPSA) is 70.2 Å². The molecule has 0 aliphatic carbocycles. The van der Waals surface area contributed by atoms with Gasteiger partial charge in [0.05, 0.1) is 10.9 Å². The molecule has 1 unspecified atom stereocenters. The van der Waals surface area contributed by atoms with E-state index in [1.54, 1.807) is 36.2 Å². The number of benzene rings is 2. The summed E-state index contributed by atoms with van der Waals surface area (Å²) in [7, 11) is -1.59. The highest BCUT2D eigenvalue weighted by Crippen LogP contribution is 2.24. The smallest absolute Gasteiger partial charge is 0.270 e. The van der Waals surface area contributed by atoms with Crippen LogP contribution in [0.1, 0.15) is 29.0 Å². The number of H-pyrrole nitrogens is 1. The first-order valence-electron chi connectivity index (χ1n) is 8.02. The molecule has 1 heterocycles. The zero-order valence-electron chi connectivity index (χ0n) is 14.7. The van der Waals surface area contributed by atoms with Crippen molar-refractivity contribution >= 4 is 26.6 Å². The van der Waals surface area contributed by atoms with Crippen molar-refractivity contribution in [1.82, 2.24) is 9.88 Å². The fourth-order valence-corrected chi connectivity index (χ4v) is 3.43. The molecular weight excluding hydrogens is 355 g/mol. The van der Waals surface area contributed by atoms with Crippen molar-refractivity contribution in [3.63, 3.8) is 0 Å². The lowest BCUT2D eigenvalue weighted by Crippen LogP contribution is -2.29. The van der Waals surface area contributed by atoms with E-state index in [1.165, 1.54) is 24.3 Å². The molecule has 0 bridgehead atoms. The van der Waals surface area contributed by atoms with Crippen molar-refractivity contribution in [3.8, 4) is 0 Å². The molecule has 0 saturated carbocycles. The Morgan fingerprint density at radius 2 is 1.77 bits per heavy atom. The van der Waals surface area contributed by atoms with Gasteiger partial charge in [-0.1, -0.05) is 12.1 Å². The van der Waals surface area contributed by atoms with Crippen molar-refractivity contribution in [3.05, 3.63) is 65.6 Å². The minimum absolute atomic E-state index is 0.235. The van der Waals surface area contributed by atoms with E-state index in [1.807, 2.05) is 6.92 Å². The Labute approximate surface area is 151 Å². The quantitative estimate of drug-likeness (QED) is 0.759. The average Bonchev–Trinajstić information content (AvgIpc) is 3.02. The molecule has 1 N–H and O–H groups in total. The van der Waals surface area contributed by atoms with Crippen LogP contribution in [-0.2, 0) is 9.84 Å². The number of hydrogen-bond acceptors (Lipinski definition) is 3. The maximum Gasteiger partial charge on any atom is 0.270 e. The summed E-state index contributed by atoms with van der Waals surface area (Å²) in [6.07, 6.45) is 1.15. The van der Waals surface area contributed by atoms with E-state index in [0.717, 1.165) is 11.8 Å². The minimum atomic E-state index is -3.26. The number of hydrogen-bond donors (Lipinski definition) is 1. The van der Waals surface area contributed by atoms with Gasteiger partial charge in [-0.25, -0.2) is 12.8 Å². The highest BCUT2D eigenvalue weighted by atomic mass is 32.2. The lowest BCUT2D eigenvalue weighted by Gasteiger charge is -2.25. The summed E-state index contributed by atoms with van der Waals surface area (Å²) >= 11 is 0. The van der Waals surface area contributed by atoms with Crippen LogP contribution in [-0.4, -0.2) is 37.5 Å². The number of nitrogens with one attached hydrogen (secondary N) is 1. The van der Waals surface area contributed by atoms with E-state index in [9.17, 15) is 17.6 Å². The number of nitrogens with zero attached hydrogens (tertiary/aromatic N) is 1. The number of aromatic nitrogens is 1. The Bertz CT molecular complexity index is 1070. The second-order valence-corrected chi connectivity index (χ2v) is 8.36. The standard InChI is InChI=1S/C19H19FN2O3S/c1-12(13-4-7-16(8-5-13)26(3,24)25)22(2)19(23)18-11-14-10-15(20)6-9-17(14)21-18/h4-12,21H,1-3H3. The fraction of sp³-hybridized carbons (Fsp3) is 0.211. The molecule has 3 rings (SSSR count). The van der Waals surface area contributed by atoms with Gasteiger partial charge in [0.2, 0.25) is 0 Å². The maximum atomic E-state index is 13.3. The Balaban J connectivity index is 1.84. The molecule has 0 aliphatic heterocycles. The van der Waals surface area contributed by atoms with Crippen LogP contribution in [0.2, 0.25) is 0 Å². The van der Waals surface area contributed by atoms with Crippen molar-refractivity contribution in [2.24, 2.45) is 0 Å². The molecule has 136 valence electrons. The Kier molecular flexibility index (Phi) is 4.58. The van der Waals surface area contributed by atoms with Gasteiger partial charge in [-0.15, -0.1) is 0 Å². The Hall–Kier alpha value is -2.67. The van der Waals surface area contributed by atoms with Crippen LogP contribution >= 0.6 is 0 Å². The first-order valence-corrected chi connectivity index (χ1v) is 9.91. The number of carbonyl (C=O) groups is 1. The van der Waals surface area contributed by atoms with E-state index < -0.39 is 9.84 Å². The summed E-state index contributed by atoms with van der Waals surface area (Å²) < 4.78 is 36.4. The highest BCUT2D eigenvalue weighted by Gasteiger charge is 2.21. The summed E-state index contributed by atoms with van der Waals surface area (Å²) in [5.74, 6) is -0.593. The molecule has 2 aromatic carbocycles. The van der Waals surface area contributed by atoms with Crippen LogP contribution in [0, 0.1) is 5.82 Å². The maximum absolute atomic E-state index is 13.3.